The van der Waals surface area contributed by atoms with Crippen LogP contribution in [0.1, 0.15) is 54.0 Å². The first-order valence-corrected chi connectivity index (χ1v) is 10.2. The summed E-state index contributed by atoms with van der Waals surface area (Å²) in [5.74, 6) is 0.150. The van der Waals surface area contributed by atoms with Crippen molar-refractivity contribution in [2.45, 2.75) is 48.5 Å². The number of hydrogen-bond acceptors (Lipinski definition) is 2. The van der Waals surface area contributed by atoms with E-state index in [-0.39, 0.29) is 16.6 Å². The molecule has 1 aliphatic carbocycles. The van der Waals surface area contributed by atoms with Crippen molar-refractivity contribution < 1.29 is 4.79 Å². The van der Waals surface area contributed by atoms with Crippen molar-refractivity contribution in [2.24, 2.45) is 15.8 Å². The van der Waals surface area contributed by atoms with Gasteiger partial charge in [0.15, 0.2) is 5.78 Å². The second-order valence-corrected chi connectivity index (χ2v) is 9.82. The van der Waals surface area contributed by atoms with Crippen molar-refractivity contribution in [3.63, 3.8) is 0 Å². The van der Waals surface area contributed by atoms with Gasteiger partial charge in [0.2, 0.25) is 0 Å². The zero-order valence-electron chi connectivity index (χ0n) is 18.6. The topological polar surface area (TPSA) is 29.4 Å². The van der Waals surface area contributed by atoms with Gasteiger partial charge in [-0.2, -0.15) is 0 Å². The Kier molecular flexibility index (Phi) is 5.49. The number of nitrogens with zero attached hydrogens (tertiary/aromatic N) is 1. The monoisotopic (exact) mass is 385 g/mol. The summed E-state index contributed by atoms with van der Waals surface area (Å²) in [6.07, 6.45) is 5.88. The van der Waals surface area contributed by atoms with Crippen molar-refractivity contribution in [1.82, 2.24) is 0 Å². The molecular formula is C27H31NO. The number of Topliss-reactive ketones (excluding diaryl/α,β-unsaturated/α-hetero) is 1. The average Bonchev–Trinajstić information content (AvgIpc) is 2.64. The number of fused-ring (bicyclic) bond motifs is 1. The quantitative estimate of drug-likeness (QED) is 0.509. The van der Waals surface area contributed by atoms with Crippen LogP contribution in [0.15, 0.2) is 82.5 Å². The Balaban J connectivity index is 2.08. The van der Waals surface area contributed by atoms with Gasteiger partial charge in [-0.1, -0.05) is 84.0 Å². The standard InChI is InChI=1S/C27H31NO/c1-18(21-14-10-12-20-11-8-9-13-22(20)21)28-17-19-15-23(26(2,3)4)25(29)24(16-19)27(5,6)7/h8-17H,1-7H3. The summed E-state index contributed by atoms with van der Waals surface area (Å²) in [5.41, 5.74) is 4.32. The number of benzene rings is 2. The Labute approximate surface area is 174 Å². The fourth-order valence-corrected chi connectivity index (χ4v) is 3.62. The number of ketones is 1. The van der Waals surface area contributed by atoms with Crippen LogP contribution in [0.25, 0.3) is 10.8 Å². The van der Waals surface area contributed by atoms with Crippen LogP contribution in [0.2, 0.25) is 0 Å². The molecule has 29 heavy (non-hydrogen) atoms. The summed E-state index contributed by atoms with van der Waals surface area (Å²) in [6.45, 7) is 14.6. The molecule has 0 radical (unpaired) electrons. The summed E-state index contributed by atoms with van der Waals surface area (Å²) in [6, 6.07) is 14.7. The van der Waals surface area contributed by atoms with Crippen LogP contribution in [0.4, 0.5) is 0 Å². The third-order valence-electron chi connectivity index (χ3n) is 5.31. The molecule has 2 nitrogen and oxygen atoms in total. The molecule has 0 spiro atoms. The second kappa shape index (κ2) is 7.59. The minimum Gasteiger partial charge on any atom is -0.289 e. The van der Waals surface area contributed by atoms with Crippen molar-refractivity contribution >= 4 is 22.3 Å². The molecule has 0 N–H and O–H groups in total. The van der Waals surface area contributed by atoms with E-state index in [1.807, 2.05) is 25.3 Å². The Morgan fingerprint density at radius 2 is 1.38 bits per heavy atom. The summed E-state index contributed by atoms with van der Waals surface area (Å²) in [4.78, 5) is 17.9. The van der Waals surface area contributed by atoms with E-state index in [4.69, 9.17) is 4.99 Å². The third kappa shape index (κ3) is 4.48. The molecule has 2 heteroatoms. The number of allylic oxidation sites excluding steroid dienone is 5. The summed E-state index contributed by atoms with van der Waals surface area (Å²) in [5, 5.41) is 2.41. The van der Waals surface area contributed by atoms with Gasteiger partial charge in [-0.05, 0) is 46.3 Å². The second-order valence-electron chi connectivity index (χ2n) is 9.82. The van der Waals surface area contributed by atoms with Gasteiger partial charge in [-0.25, -0.2) is 0 Å². The van der Waals surface area contributed by atoms with E-state index in [2.05, 4.69) is 84.0 Å². The van der Waals surface area contributed by atoms with Gasteiger partial charge in [-0.15, -0.1) is 0 Å². The van der Waals surface area contributed by atoms with Crippen molar-refractivity contribution in [3.05, 3.63) is 83.1 Å². The Hall–Kier alpha value is -2.74. The van der Waals surface area contributed by atoms with Crippen LogP contribution in [0, 0.1) is 10.8 Å². The predicted octanol–water partition coefficient (Wildman–Crippen LogP) is 7.06. The smallest absolute Gasteiger partial charge is 0.186 e. The van der Waals surface area contributed by atoms with Crippen LogP contribution in [-0.2, 0) is 4.79 Å². The molecule has 0 saturated heterocycles. The highest BCUT2D eigenvalue weighted by molar-refractivity contribution is 6.12. The van der Waals surface area contributed by atoms with Crippen LogP contribution >= 0.6 is 0 Å². The highest BCUT2D eigenvalue weighted by atomic mass is 16.1. The lowest BCUT2D eigenvalue weighted by atomic mass is 9.72. The molecule has 0 aromatic heterocycles. The Morgan fingerprint density at radius 3 is 1.97 bits per heavy atom. The van der Waals surface area contributed by atoms with Gasteiger partial charge < -0.3 is 0 Å². The summed E-state index contributed by atoms with van der Waals surface area (Å²) in [7, 11) is 0. The van der Waals surface area contributed by atoms with Crippen LogP contribution in [-0.4, -0.2) is 11.5 Å². The molecule has 0 heterocycles. The van der Waals surface area contributed by atoms with Crippen LogP contribution in [0.5, 0.6) is 0 Å². The van der Waals surface area contributed by atoms with Gasteiger partial charge in [0.25, 0.3) is 0 Å². The van der Waals surface area contributed by atoms with E-state index < -0.39 is 0 Å². The lowest BCUT2D eigenvalue weighted by Crippen LogP contribution is -2.27. The van der Waals surface area contributed by atoms with Gasteiger partial charge in [0.05, 0.1) is 0 Å². The molecule has 3 rings (SSSR count). The lowest BCUT2D eigenvalue weighted by Gasteiger charge is -2.31. The Morgan fingerprint density at radius 1 is 0.828 bits per heavy atom. The van der Waals surface area contributed by atoms with E-state index in [0.717, 1.165) is 28.0 Å². The third-order valence-corrected chi connectivity index (χ3v) is 5.31. The highest BCUT2D eigenvalue weighted by Crippen LogP contribution is 2.38. The zero-order valence-corrected chi connectivity index (χ0v) is 18.6. The molecule has 2 aromatic rings. The SMILES string of the molecule is CC(=NC=C1C=C(C(C)(C)C)C(=O)C(C(C)(C)C)=C1)c1cccc2ccccc12. The van der Waals surface area contributed by atoms with Crippen LogP contribution in [0.3, 0.4) is 0 Å². The van der Waals surface area contributed by atoms with Gasteiger partial charge in [0, 0.05) is 28.6 Å². The van der Waals surface area contributed by atoms with E-state index in [9.17, 15) is 4.79 Å². The zero-order chi connectivity index (χ0) is 21.4. The molecule has 0 aliphatic heterocycles. The van der Waals surface area contributed by atoms with Crippen molar-refractivity contribution in [3.8, 4) is 0 Å². The maximum Gasteiger partial charge on any atom is 0.186 e. The molecule has 2 aromatic carbocycles. The molecule has 1 aliphatic rings. The Bertz CT molecular complexity index is 1040. The minimum atomic E-state index is -0.213. The highest BCUT2D eigenvalue weighted by Gasteiger charge is 2.33. The molecule has 0 saturated carbocycles. The molecule has 0 amide bonds. The van der Waals surface area contributed by atoms with E-state index >= 15 is 0 Å². The van der Waals surface area contributed by atoms with Crippen molar-refractivity contribution in [2.75, 3.05) is 0 Å². The molecule has 0 atom stereocenters. The largest absolute Gasteiger partial charge is 0.289 e. The summed E-state index contributed by atoms with van der Waals surface area (Å²) < 4.78 is 0. The number of carbonyl (C=O) groups excluding carboxylic acids is 1. The number of rotatable bonds is 2. The minimum absolute atomic E-state index is 0.150. The van der Waals surface area contributed by atoms with Gasteiger partial charge >= 0.3 is 0 Å². The van der Waals surface area contributed by atoms with Gasteiger partial charge in [0.1, 0.15) is 0 Å². The van der Waals surface area contributed by atoms with Crippen LogP contribution < -0.4 is 0 Å². The summed E-state index contributed by atoms with van der Waals surface area (Å²) >= 11 is 0. The number of aliphatic imine (C=N–C) groups is 1. The first-order chi connectivity index (χ1) is 13.5. The normalized spacial score (nSPS) is 16.0. The fourth-order valence-electron chi connectivity index (χ4n) is 3.62. The maximum absolute atomic E-state index is 13.1. The van der Waals surface area contributed by atoms with Crippen molar-refractivity contribution in [1.29, 1.82) is 0 Å². The van der Waals surface area contributed by atoms with E-state index in [1.54, 1.807) is 0 Å². The maximum atomic E-state index is 13.1. The van der Waals surface area contributed by atoms with Gasteiger partial charge in [-0.3, -0.25) is 9.79 Å². The molecule has 0 fully saturated rings. The average molecular weight is 386 g/mol. The molecular weight excluding hydrogens is 354 g/mol. The van der Waals surface area contributed by atoms with E-state index in [0.29, 0.717) is 0 Å². The number of hydrogen-bond donors (Lipinski definition) is 0. The first kappa shape index (κ1) is 21.0. The molecule has 150 valence electrons. The lowest BCUT2D eigenvalue weighted by molar-refractivity contribution is -0.114. The first-order valence-electron chi connectivity index (χ1n) is 10.2. The number of carbonyl (C=O) groups is 1. The molecule has 0 bridgehead atoms. The fraction of sp³-hybridized carbons (Fsp3) is 0.333. The van der Waals surface area contributed by atoms with E-state index in [1.165, 1.54) is 10.8 Å². The predicted molar refractivity (Wildman–Crippen MR) is 124 cm³/mol. The molecule has 0 unspecified atom stereocenters.